The Morgan fingerprint density at radius 1 is 0.434 bits per heavy atom. The van der Waals surface area contributed by atoms with Crippen LogP contribution < -0.4 is 5.32 Å². The SMILES string of the molecule is c1ccc(C2=NC(c3cccc4oc5cc(-c6cc7ccccc7c7ccccc67)ccc5c34)=NC(c3ccc4c(ccc5ccccc54)c3)N2)cc1. The summed E-state index contributed by atoms with van der Waals surface area (Å²) in [6.07, 6.45) is -0.338. The number of aliphatic imine (C=N–C) groups is 2. The minimum atomic E-state index is -0.338. The second kappa shape index (κ2) is 11.8. The van der Waals surface area contributed by atoms with E-state index >= 15 is 0 Å². The Morgan fingerprint density at radius 2 is 1.11 bits per heavy atom. The summed E-state index contributed by atoms with van der Waals surface area (Å²) in [6, 6.07) is 62.2. The van der Waals surface area contributed by atoms with Gasteiger partial charge in [-0.15, -0.1) is 0 Å². The molecule has 0 amide bonds. The minimum Gasteiger partial charge on any atom is -0.456 e. The van der Waals surface area contributed by atoms with Crippen LogP contribution in [0.25, 0.3) is 76.2 Å². The molecule has 9 aromatic carbocycles. The minimum absolute atomic E-state index is 0.338. The molecule has 0 bridgehead atoms. The lowest BCUT2D eigenvalue weighted by Crippen LogP contribution is -2.33. The van der Waals surface area contributed by atoms with Gasteiger partial charge in [0.25, 0.3) is 0 Å². The molecule has 0 aliphatic carbocycles. The van der Waals surface area contributed by atoms with Crippen LogP contribution in [0.5, 0.6) is 0 Å². The lowest BCUT2D eigenvalue weighted by atomic mass is 9.93. The normalized spacial score (nSPS) is 14.6. The first-order valence-electron chi connectivity index (χ1n) is 18.0. The van der Waals surface area contributed by atoms with Crippen LogP contribution in [0.15, 0.2) is 190 Å². The molecule has 10 aromatic rings. The molecule has 1 aliphatic rings. The summed E-state index contributed by atoms with van der Waals surface area (Å²) in [4.78, 5) is 10.5. The first-order chi connectivity index (χ1) is 26.2. The summed E-state index contributed by atoms with van der Waals surface area (Å²) >= 11 is 0. The average Bonchev–Trinajstić information content (AvgIpc) is 3.61. The maximum atomic E-state index is 6.63. The van der Waals surface area contributed by atoms with E-state index in [9.17, 15) is 0 Å². The van der Waals surface area contributed by atoms with Crippen molar-refractivity contribution in [2.24, 2.45) is 9.98 Å². The molecule has 11 rings (SSSR count). The largest absolute Gasteiger partial charge is 0.456 e. The summed E-state index contributed by atoms with van der Waals surface area (Å²) in [5.74, 6) is 1.46. The molecule has 0 saturated heterocycles. The fourth-order valence-corrected chi connectivity index (χ4v) is 8.16. The standard InChI is InChI=1S/C49H31N3O/c1-2-12-31(13-3-1)47-50-48(35-24-25-38-33(27-35)22-21-30-11-4-6-15-36(30)38)52-49(51-47)42-19-10-20-44-46(42)41-26-23-34(29-45(41)53-44)43-28-32-14-5-7-16-37(32)39-17-8-9-18-40(39)43/h1-29,48H,(H,50,51,52). The molecular weight excluding hydrogens is 647 g/mol. The molecule has 248 valence electrons. The third kappa shape index (κ3) is 4.84. The summed E-state index contributed by atoms with van der Waals surface area (Å²) in [5, 5.41) is 15.6. The summed E-state index contributed by atoms with van der Waals surface area (Å²) in [7, 11) is 0. The fourth-order valence-electron chi connectivity index (χ4n) is 8.16. The Balaban J connectivity index is 1.07. The Hall–Kier alpha value is -7.04. The topological polar surface area (TPSA) is 49.9 Å². The number of amidine groups is 2. The third-order valence-corrected chi connectivity index (χ3v) is 10.7. The monoisotopic (exact) mass is 677 g/mol. The van der Waals surface area contributed by atoms with Crippen molar-refractivity contribution in [3.63, 3.8) is 0 Å². The van der Waals surface area contributed by atoms with Crippen molar-refractivity contribution >= 4 is 76.7 Å². The zero-order chi connectivity index (χ0) is 34.9. The Bertz CT molecular complexity index is 3150. The number of hydrogen-bond acceptors (Lipinski definition) is 4. The van der Waals surface area contributed by atoms with Gasteiger partial charge in [0.1, 0.15) is 23.2 Å². The van der Waals surface area contributed by atoms with E-state index in [1.165, 1.54) is 48.7 Å². The number of rotatable bonds is 4. The van der Waals surface area contributed by atoms with Crippen molar-refractivity contribution < 1.29 is 4.42 Å². The van der Waals surface area contributed by atoms with Gasteiger partial charge in [0.15, 0.2) is 5.84 Å². The molecular formula is C49H31N3O. The molecule has 1 unspecified atom stereocenters. The Labute approximate surface area is 305 Å². The molecule has 53 heavy (non-hydrogen) atoms. The zero-order valence-electron chi connectivity index (χ0n) is 28.6. The van der Waals surface area contributed by atoms with Crippen molar-refractivity contribution in [1.82, 2.24) is 5.32 Å². The molecule has 1 atom stereocenters. The molecule has 4 nitrogen and oxygen atoms in total. The molecule has 1 aromatic heterocycles. The lowest BCUT2D eigenvalue weighted by Gasteiger charge is -2.24. The number of furan rings is 1. The van der Waals surface area contributed by atoms with Gasteiger partial charge < -0.3 is 9.73 Å². The van der Waals surface area contributed by atoms with E-state index in [0.717, 1.165) is 50.0 Å². The van der Waals surface area contributed by atoms with E-state index in [0.29, 0.717) is 5.84 Å². The van der Waals surface area contributed by atoms with Crippen molar-refractivity contribution in [1.29, 1.82) is 0 Å². The first kappa shape index (κ1) is 29.7. The summed E-state index contributed by atoms with van der Waals surface area (Å²) < 4.78 is 6.63. The highest BCUT2D eigenvalue weighted by atomic mass is 16.3. The third-order valence-electron chi connectivity index (χ3n) is 10.7. The van der Waals surface area contributed by atoms with Gasteiger partial charge in [0.2, 0.25) is 0 Å². The first-order valence-corrected chi connectivity index (χ1v) is 18.0. The predicted molar refractivity (Wildman–Crippen MR) is 221 cm³/mol. The van der Waals surface area contributed by atoms with Crippen LogP contribution in [0.2, 0.25) is 0 Å². The number of benzene rings is 9. The number of nitrogens with zero attached hydrogens (tertiary/aromatic N) is 2. The van der Waals surface area contributed by atoms with E-state index in [4.69, 9.17) is 14.4 Å². The Kier molecular flexibility index (Phi) is 6.58. The number of hydrogen-bond donors (Lipinski definition) is 1. The van der Waals surface area contributed by atoms with Crippen molar-refractivity contribution in [2.45, 2.75) is 6.17 Å². The van der Waals surface area contributed by atoms with Crippen LogP contribution in [0.4, 0.5) is 0 Å². The van der Waals surface area contributed by atoms with Gasteiger partial charge in [-0.25, -0.2) is 9.98 Å². The molecule has 0 radical (unpaired) electrons. The average molecular weight is 678 g/mol. The van der Waals surface area contributed by atoms with E-state index in [1.807, 2.05) is 30.3 Å². The van der Waals surface area contributed by atoms with Crippen LogP contribution in [-0.2, 0) is 0 Å². The van der Waals surface area contributed by atoms with Gasteiger partial charge in [0.05, 0.1) is 0 Å². The quantitative estimate of drug-likeness (QED) is 0.189. The molecule has 0 saturated carbocycles. The van der Waals surface area contributed by atoms with Crippen molar-refractivity contribution in [3.8, 4) is 11.1 Å². The van der Waals surface area contributed by atoms with Crippen LogP contribution in [-0.4, -0.2) is 11.7 Å². The number of nitrogens with one attached hydrogen (secondary N) is 1. The summed E-state index contributed by atoms with van der Waals surface area (Å²) in [6.45, 7) is 0. The predicted octanol–water partition coefficient (Wildman–Crippen LogP) is 12.4. The van der Waals surface area contributed by atoms with Crippen LogP contribution in [0.3, 0.4) is 0 Å². The van der Waals surface area contributed by atoms with Crippen molar-refractivity contribution in [2.75, 3.05) is 0 Å². The molecule has 1 aliphatic heterocycles. The van der Waals surface area contributed by atoms with E-state index < -0.39 is 0 Å². The van der Waals surface area contributed by atoms with Crippen LogP contribution in [0, 0.1) is 0 Å². The van der Waals surface area contributed by atoms with Crippen LogP contribution >= 0.6 is 0 Å². The number of fused-ring (bicyclic) bond motifs is 9. The highest BCUT2D eigenvalue weighted by Crippen LogP contribution is 2.39. The molecule has 0 fully saturated rings. The van der Waals surface area contributed by atoms with Gasteiger partial charge >= 0.3 is 0 Å². The van der Waals surface area contributed by atoms with Gasteiger partial charge in [-0.05, 0) is 90.1 Å². The van der Waals surface area contributed by atoms with E-state index in [1.54, 1.807) is 0 Å². The second-order valence-corrected chi connectivity index (χ2v) is 13.8. The fraction of sp³-hybridized carbons (Fsp3) is 0.0204. The maximum Gasteiger partial charge on any atom is 0.160 e. The highest BCUT2D eigenvalue weighted by Gasteiger charge is 2.24. The van der Waals surface area contributed by atoms with E-state index in [-0.39, 0.29) is 6.17 Å². The maximum absolute atomic E-state index is 6.63. The Morgan fingerprint density at radius 3 is 1.98 bits per heavy atom. The molecule has 4 heteroatoms. The highest BCUT2D eigenvalue weighted by molar-refractivity contribution is 6.22. The lowest BCUT2D eigenvalue weighted by molar-refractivity contribution is 0.668. The smallest absolute Gasteiger partial charge is 0.160 e. The van der Waals surface area contributed by atoms with Gasteiger partial charge in [-0.1, -0.05) is 146 Å². The molecule has 1 N–H and O–H groups in total. The van der Waals surface area contributed by atoms with Crippen molar-refractivity contribution in [3.05, 3.63) is 193 Å². The van der Waals surface area contributed by atoms with Gasteiger partial charge in [0, 0.05) is 21.9 Å². The summed E-state index contributed by atoms with van der Waals surface area (Å²) in [5.41, 5.74) is 6.97. The molecule has 2 heterocycles. The van der Waals surface area contributed by atoms with Gasteiger partial charge in [-0.3, -0.25) is 0 Å². The van der Waals surface area contributed by atoms with Gasteiger partial charge in [-0.2, -0.15) is 0 Å². The van der Waals surface area contributed by atoms with E-state index in [2.05, 4.69) is 151 Å². The second-order valence-electron chi connectivity index (χ2n) is 13.8. The molecule has 0 spiro atoms. The zero-order valence-corrected chi connectivity index (χ0v) is 28.6. The van der Waals surface area contributed by atoms with Crippen LogP contribution in [0.1, 0.15) is 22.9 Å².